The lowest BCUT2D eigenvalue weighted by Crippen LogP contribution is -2.54. The Hall–Kier alpha value is -1.35. The van der Waals surface area contributed by atoms with E-state index in [-0.39, 0.29) is 6.03 Å². The van der Waals surface area contributed by atoms with Gasteiger partial charge in [-0.1, -0.05) is 23.7 Å². The second kappa shape index (κ2) is 7.96. The molecule has 1 aromatic rings. The van der Waals surface area contributed by atoms with Gasteiger partial charge in [-0.2, -0.15) is 12.7 Å². The number of urea groups is 1. The minimum Gasteiger partial charge on any atom is -0.338 e. The predicted molar refractivity (Wildman–Crippen MR) is 89.7 cm³/mol. The molecule has 1 aliphatic rings. The Morgan fingerprint density at radius 3 is 2.57 bits per heavy atom. The zero-order chi connectivity index (χ0) is 16.9. The van der Waals surface area contributed by atoms with Gasteiger partial charge in [0.1, 0.15) is 0 Å². The SMILES string of the molecule is CNS(=O)(=O)N1CCN(C(=O)NCCc2cccc(Cl)c2)CC1. The van der Waals surface area contributed by atoms with Crippen LogP contribution in [0.3, 0.4) is 0 Å². The number of hydrogen-bond donors (Lipinski definition) is 2. The van der Waals surface area contributed by atoms with Crippen molar-refractivity contribution in [2.45, 2.75) is 6.42 Å². The van der Waals surface area contributed by atoms with Crippen molar-refractivity contribution in [1.29, 1.82) is 0 Å². The minimum absolute atomic E-state index is 0.173. The first kappa shape index (κ1) is 18.0. The summed E-state index contributed by atoms with van der Waals surface area (Å²) in [6, 6.07) is 7.34. The van der Waals surface area contributed by atoms with Crippen molar-refractivity contribution in [2.75, 3.05) is 39.8 Å². The monoisotopic (exact) mass is 360 g/mol. The zero-order valence-electron chi connectivity index (χ0n) is 13.0. The van der Waals surface area contributed by atoms with E-state index in [9.17, 15) is 13.2 Å². The van der Waals surface area contributed by atoms with Crippen LogP contribution in [0.2, 0.25) is 5.02 Å². The number of rotatable bonds is 5. The summed E-state index contributed by atoms with van der Waals surface area (Å²) in [7, 11) is -2.04. The first-order valence-electron chi connectivity index (χ1n) is 7.38. The van der Waals surface area contributed by atoms with E-state index in [1.807, 2.05) is 24.3 Å². The molecule has 0 aliphatic carbocycles. The van der Waals surface area contributed by atoms with Crippen LogP contribution in [0.15, 0.2) is 24.3 Å². The number of carbonyl (C=O) groups is 1. The number of carbonyl (C=O) groups excluding carboxylic acids is 1. The van der Waals surface area contributed by atoms with Crippen molar-refractivity contribution >= 4 is 27.8 Å². The Balaban J connectivity index is 1.75. The van der Waals surface area contributed by atoms with Crippen LogP contribution in [0.25, 0.3) is 0 Å². The molecule has 0 bridgehead atoms. The van der Waals surface area contributed by atoms with E-state index in [0.29, 0.717) is 44.2 Å². The molecule has 0 atom stereocenters. The predicted octanol–water partition coefficient (Wildman–Crippen LogP) is 0.674. The maximum Gasteiger partial charge on any atom is 0.317 e. The highest BCUT2D eigenvalue weighted by Gasteiger charge is 2.27. The molecular formula is C14H21ClN4O3S. The molecule has 0 aromatic heterocycles. The second-order valence-electron chi connectivity index (χ2n) is 5.21. The molecule has 1 aliphatic heterocycles. The molecule has 0 saturated carbocycles. The third-order valence-electron chi connectivity index (χ3n) is 3.70. The summed E-state index contributed by atoms with van der Waals surface area (Å²) < 4.78 is 27.0. The van der Waals surface area contributed by atoms with Gasteiger partial charge in [0.25, 0.3) is 10.2 Å². The van der Waals surface area contributed by atoms with Crippen LogP contribution in [0.5, 0.6) is 0 Å². The molecule has 1 saturated heterocycles. The molecule has 0 radical (unpaired) electrons. The molecule has 1 fully saturated rings. The molecule has 2 amide bonds. The summed E-state index contributed by atoms with van der Waals surface area (Å²) in [6.45, 7) is 1.86. The van der Waals surface area contributed by atoms with E-state index >= 15 is 0 Å². The summed E-state index contributed by atoms with van der Waals surface area (Å²) in [6.07, 6.45) is 0.695. The van der Waals surface area contributed by atoms with E-state index in [0.717, 1.165) is 5.56 Å². The molecule has 2 rings (SSSR count). The van der Waals surface area contributed by atoms with Crippen LogP contribution >= 0.6 is 11.6 Å². The number of piperazine rings is 1. The zero-order valence-corrected chi connectivity index (χ0v) is 14.5. The lowest BCUT2D eigenvalue weighted by molar-refractivity contribution is 0.172. The van der Waals surface area contributed by atoms with Crippen LogP contribution in [-0.2, 0) is 16.6 Å². The highest BCUT2D eigenvalue weighted by molar-refractivity contribution is 7.87. The van der Waals surface area contributed by atoms with Crippen molar-refractivity contribution in [3.05, 3.63) is 34.9 Å². The number of benzene rings is 1. The molecule has 7 nitrogen and oxygen atoms in total. The largest absolute Gasteiger partial charge is 0.338 e. The van der Waals surface area contributed by atoms with Crippen LogP contribution in [0, 0.1) is 0 Å². The van der Waals surface area contributed by atoms with Gasteiger partial charge in [-0.25, -0.2) is 9.52 Å². The normalized spacial score (nSPS) is 16.3. The molecule has 2 N–H and O–H groups in total. The summed E-state index contributed by atoms with van der Waals surface area (Å²) in [5.41, 5.74) is 1.06. The van der Waals surface area contributed by atoms with Gasteiger partial charge >= 0.3 is 6.03 Å². The Morgan fingerprint density at radius 2 is 1.96 bits per heavy atom. The van der Waals surface area contributed by atoms with Crippen molar-refractivity contribution in [2.24, 2.45) is 0 Å². The molecule has 128 valence electrons. The molecule has 23 heavy (non-hydrogen) atoms. The molecule has 0 spiro atoms. The Morgan fingerprint density at radius 1 is 1.26 bits per heavy atom. The standard InChI is InChI=1S/C14H21ClN4O3S/c1-16-23(21,22)19-9-7-18(8-10-19)14(20)17-6-5-12-3-2-4-13(15)11-12/h2-4,11,16H,5-10H2,1H3,(H,17,20). The Kier molecular flexibility index (Phi) is 6.23. The van der Waals surface area contributed by atoms with E-state index < -0.39 is 10.2 Å². The van der Waals surface area contributed by atoms with Gasteiger partial charge in [0, 0.05) is 44.8 Å². The van der Waals surface area contributed by atoms with E-state index in [2.05, 4.69) is 10.0 Å². The lowest BCUT2D eigenvalue weighted by Gasteiger charge is -2.33. The van der Waals surface area contributed by atoms with Crippen LogP contribution in [0.1, 0.15) is 5.56 Å². The van der Waals surface area contributed by atoms with Gasteiger partial charge in [0.2, 0.25) is 0 Å². The quantitative estimate of drug-likeness (QED) is 0.810. The van der Waals surface area contributed by atoms with Crippen molar-refractivity contribution < 1.29 is 13.2 Å². The lowest BCUT2D eigenvalue weighted by atomic mass is 10.1. The van der Waals surface area contributed by atoms with Gasteiger partial charge in [-0.3, -0.25) is 0 Å². The van der Waals surface area contributed by atoms with E-state index in [4.69, 9.17) is 11.6 Å². The molecule has 9 heteroatoms. The molecular weight excluding hydrogens is 340 g/mol. The average Bonchev–Trinajstić information content (AvgIpc) is 2.55. The average molecular weight is 361 g/mol. The smallest absolute Gasteiger partial charge is 0.317 e. The fourth-order valence-electron chi connectivity index (χ4n) is 2.38. The van der Waals surface area contributed by atoms with Gasteiger partial charge in [0.15, 0.2) is 0 Å². The number of amides is 2. The summed E-state index contributed by atoms with van der Waals surface area (Å²) in [5, 5.41) is 3.52. The van der Waals surface area contributed by atoms with E-state index in [1.54, 1.807) is 4.90 Å². The van der Waals surface area contributed by atoms with E-state index in [1.165, 1.54) is 11.4 Å². The van der Waals surface area contributed by atoms with Crippen molar-refractivity contribution in [3.63, 3.8) is 0 Å². The van der Waals surface area contributed by atoms with Crippen molar-refractivity contribution in [1.82, 2.24) is 19.2 Å². The van der Waals surface area contributed by atoms with Crippen LogP contribution < -0.4 is 10.0 Å². The fourth-order valence-corrected chi connectivity index (χ4v) is 3.49. The number of nitrogens with zero attached hydrogens (tertiary/aromatic N) is 2. The maximum absolute atomic E-state index is 12.1. The topological polar surface area (TPSA) is 81.8 Å². The highest BCUT2D eigenvalue weighted by Crippen LogP contribution is 2.11. The molecule has 1 heterocycles. The third-order valence-corrected chi connectivity index (χ3v) is 5.50. The molecule has 0 unspecified atom stereocenters. The molecule has 1 aromatic carbocycles. The van der Waals surface area contributed by atoms with Gasteiger partial charge in [-0.05, 0) is 24.1 Å². The first-order valence-corrected chi connectivity index (χ1v) is 9.20. The number of nitrogens with one attached hydrogen (secondary N) is 2. The summed E-state index contributed by atoms with van der Waals surface area (Å²) in [5.74, 6) is 0. The fraction of sp³-hybridized carbons (Fsp3) is 0.500. The van der Waals surface area contributed by atoms with Gasteiger partial charge in [0.05, 0.1) is 0 Å². The summed E-state index contributed by atoms with van der Waals surface area (Å²) >= 11 is 5.92. The number of halogens is 1. The van der Waals surface area contributed by atoms with Crippen LogP contribution in [-0.4, -0.2) is 63.4 Å². The minimum atomic E-state index is -3.41. The first-order chi connectivity index (χ1) is 10.9. The Labute approximate surface area is 141 Å². The second-order valence-corrected chi connectivity index (χ2v) is 7.52. The van der Waals surface area contributed by atoms with Gasteiger partial charge in [-0.15, -0.1) is 0 Å². The maximum atomic E-state index is 12.1. The van der Waals surface area contributed by atoms with Crippen LogP contribution in [0.4, 0.5) is 4.79 Å². The number of hydrogen-bond acceptors (Lipinski definition) is 3. The third kappa shape index (κ3) is 5.07. The van der Waals surface area contributed by atoms with Crippen molar-refractivity contribution in [3.8, 4) is 0 Å². The highest BCUT2D eigenvalue weighted by atomic mass is 35.5. The summed E-state index contributed by atoms with van der Waals surface area (Å²) in [4.78, 5) is 13.7. The Bertz CT molecular complexity index is 645. The van der Waals surface area contributed by atoms with Gasteiger partial charge < -0.3 is 10.2 Å².